The van der Waals surface area contributed by atoms with Crippen LogP contribution in [-0.2, 0) is 20.9 Å². The van der Waals surface area contributed by atoms with E-state index in [1.54, 1.807) is 12.0 Å². The molecule has 2 aliphatic rings. The van der Waals surface area contributed by atoms with Gasteiger partial charge in [-0.2, -0.15) is 0 Å². The molecule has 2 N–H and O–H groups in total. The van der Waals surface area contributed by atoms with Gasteiger partial charge in [-0.05, 0) is 42.7 Å². The molecule has 162 valence electrons. The number of amides is 3. The number of ether oxygens (including phenoxy) is 1. The molecule has 0 spiro atoms. The lowest BCUT2D eigenvalue weighted by molar-refractivity contribution is -0.137. The second-order valence-electron chi connectivity index (χ2n) is 7.65. The molecular formula is C23H25N3O4S. The Morgan fingerprint density at radius 3 is 2.55 bits per heavy atom. The highest BCUT2D eigenvalue weighted by molar-refractivity contribution is 8.01. The van der Waals surface area contributed by atoms with Crippen LogP contribution in [0.25, 0.3) is 0 Å². The van der Waals surface area contributed by atoms with Crippen LogP contribution in [-0.4, -0.2) is 48.1 Å². The van der Waals surface area contributed by atoms with Crippen molar-refractivity contribution in [3.63, 3.8) is 0 Å². The topological polar surface area (TPSA) is 87.7 Å². The second-order valence-corrected chi connectivity index (χ2v) is 8.80. The maximum atomic E-state index is 12.9. The van der Waals surface area contributed by atoms with Gasteiger partial charge >= 0.3 is 0 Å². The number of piperidine rings is 1. The fourth-order valence-electron chi connectivity index (χ4n) is 3.82. The third-order valence-electron chi connectivity index (χ3n) is 5.66. The van der Waals surface area contributed by atoms with Gasteiger partial charge in [0.2, 0.25) is 17.7 Å². The molecule has 8 heteroatoms. The van der Waals surface area contributed by atoms with Crippen molar-refractivity contribution in [2.45, 2.75) is 29.5 Å². The number of para-hydroxylation sites is 1. The van der Waals surface area contributed by atoms with Gasteiger partial charge in [0.25, 0.3) is 0 Å². The van der Waals surface area contributed by atoms with Crippen LogP contribution in [0.5, 0.6) is 5.75 Å². The average Bonchev–Trinajstić information content (AvgIpc) is 2.82. The number of carbonyl (C=O) groups excluding carboxylic acids is 3. The molecule has 2 heterocycles. The van der Waals surface area contributed by atoms with E-state index in [0.717, 1.165) is 21.9 Å². The van der Waals surface area contributed by atoms with E-state index in [0.29, 0.717) is 32.5 Å². The first-order chi connectivity index (χ1) is 15.0. The largest absolute Gasteiger partial charge is 0.497 e. The van der Waals surface area contributed by atoms with Crippen molar-refractivity contribution in [2.24, 2.45) is 5.92 Å². The molecule has 0 saturated carbocycles. The molecule has 0 aliphatic carbocycles. The van der Waals surface area contributed by atoms with Crippen LogP contribution < -0.4 is 15.4 Å². The van der Waals surface area contributed by atoms with Gasteiger partial charge in [0.05, 0.1) is 12.8 Å². The first kappa shape index (κ1) is 21.2. The average molecular weight is 440 g/mol. The molecule has 1 unspecified atom stereocenters. The van der Waals surface area contributed by atoms with Crippen LogP contribution >= 0.6 is 11.8 Å². The van der Waals surface area contributed by atoms with E-state index in [2.05, 4.69) is 10.6 Å². The van der Waals surface area contributed by atoms with Gasteiger partial charge in [-0.25, -0.2) is 0 Å². The zero-order valence-corrected chi connectivity index (χ0v) is 18.1. The molecule has 1 fully saturated rings. The molecule has 1 saturated heterocycles. The van der Waals surface area contributed by atoms with E-state index in [9.17, 15) is 14.4 Å². The summed E-state index contributed by atoms with van der Waals surface area (Å²) in [4.78, 5) is 40.5. The molecule has 0 aromatic heterocycles. The lowest BCUT2D eigenvalue weighted by Gasteiger charge is -2.34. The lowest BCUT2D eigenvalue weighted by Crippen LogP contribution is -2.49. The maximum absolute atomic E-state index is 12.9. The Bertz CT molecular complexity index is 971. The van der Waals surface area contributed by atoms with Crippen LogP contribution in [0.3, 0.4) is 0 Å². The second kappa shape index (κ2) is 9.43. The summed E-state index contributed by atoms with van der Waals surface area (Å²) in [6, 6.07) is 15.0. The monoisotopic (exact) mass is 439 g/mol. The lowest BCUT2D eigenvalue weighted by atomic mass is 9.95. The van der Waals surface area contributed by atoms with Crippen LogP contribution in [0.15, 0.2) is 53.4 Å². The smallest absolute Gasteiger partial charge is 0.247 e. The summed E-state index contributed by atoms with van der Waals surface area (Å²) in [6.45, 7) is 1.41. The quantitative estimate of drug-likeness (QED) is 0.700. The fraction of sp³-hybridized carbons (Fsp3) is 0.348. The predicted octanol–water partition coefficient (Wildman–Crippen LogP) is 2.66. The Hall–Kier alpha value is -3.00. The summed E-state index contributed by atoms with van der Waals surface area (Å²) < 4.78 is 5.14. The molecule has 0 bridgehead atoms. The minimum atomic E-state index is -0.782. The molecule has 7 nitrogen and oxygen atoms in total. The van der Waals surface area contributed by atoms with Gasteiger partial charge in [-0.1, -0.05) is 24.3 Å². The maximum Gasteiger partial charge on any atom is 0.247 e. The van der Waals surface area contributed by atoms with Crippen molar-refractivity contribution in [2.75, 3.05) is 25.5 Å². The summed E-state index contributed by atoms with van der Waals surface area (Å²) in [6.07, 6.45) is 1.19. The number of rotatable bonds is 5. The van der Waals surface area contributed by atoms with E-state index in [4.69, 9.17) is 4.74 Å². The molecule has 4 rings (SSSR count). The molecule has 2 aromatic carbocycles. The minimum Gasteiger partial charge on any atom is -0.497 e. The highest BCUT2D eigenvalue weighted by Crippen LogP contribution is 2.36. The standard InChI is InChI=1S/C23H25N3O4S/c1-30-17-8-6-15(7-9-17)14-24-21(27)16-10-12-26(13-11-16)23(29)20-22(28)25-18-4-2-3-5-19(18)31-20/h2-9,16,20H,10-14H2,1H3,(H,24,27)(H,25,28). The minimum absolute atomic E-state index is 0.00151. The summed E-state index contributed by atoms with van der Waals surface area (Å²) in [5.41, 5.74) is 1.75. The van der Waals surface area contributed by atoms with Crippen molar-refractivity contribution in [3.8, 4) is 5.75 Å². The number of benzene rings is 2. The summed E-state index contributed by atoms with van der Waals surface area (Å²) >= 11 is 1.29. The highest BCUT2D eigenvalue weighted by Gasteiger charge is 2.37. The van der Waals surface area contributed by atoms with Crippen LogP contribution in [0.4, 0.5) is 5.69 Å². The summed E-state index contributed by atoms with van der Waals surface area (Å²) in [5.74, 6) is 0.181. The van der Waals surface area contributed by atoms with Gasteiger partial charge in [-0.3, -0.25) is 14.4 Å². The fourth-order valence-corrected chi connectivity index (χ4v) is 4.89. The molecule has 31 heavy (non-hydrogen) atoms. The molecule has 2 aromatic rings. The number of fused-ring (bicyclic) bond motifs is 1. The molecule has 3 amide bonds. The Morgan fingerprint density at radius 2 is 1.84 bits per heavy atom. The number of thioether (sulfide) groups is 1. The van der Waals surface area contributed by atoms with E-state index in [1.807, 2.05) is 48.5 Å². The van der Waals surface area contributed by atoms with Crippen molar-refractivity contribution in [3.05, 3.63) is 54.1 Å². The highest BCUT2D eigenvalue weighted by atomic mass is 32.2. The van der Waals surface area contributed by atoms with Crippen molar-refractivity contribution in [1.82, 2.24) is 10.2 Å². The van der Waals surface area contributed by atoms with Crippen LogP contribution in [0, 0.1) is 5.92 Å². The summed E-state index contributed by atoms with van der Waals surface area (Å²) in [7, 11) is 1.62. The van der Waals surface area contributed by atoms with E-state index in [1.165, 1.54) is 11.8 Å². The van der Waals surface area contributed by atoms with Crippen molar-refractivity contribution >= 4 is 35.2 Å². The Kier molecular flexibility index (Phi) is 6.46. The SMILES string of the molecule is COc1ccc(CNC(=O)C2CCN(C(=O)C3Sc4ccccc4NC3=O)CC2)cc1. The van der Waals surface area contributed by atoms with Gasteiger partial charge in [0.15, 0.2) is 5.25 Å². The van der Waals surface area contributed by atoms with Gasteiger partial charge in [0, 0.05) is 30.4 Å². The first-order valence-electron chi connectivity index (χ1n) is 10.3. The number of nitrogens with zero attached hydrogens (tertiary/aromatic N) is 1. The Labute approximate surface area is 185 Å². The Morgan fingerprint density at radius 1 is 1.13 bits per heavy atom. The number of methoxy groups -OCH3 is 1. The first-order valence-corrected chi connectivity index (χ1v) is 11.2. The van der Waals surface area contributed by atoms with Gasteiger partial charge < -0.3 is 20.3 Å². The number of likely N-dealkylation sites (tertiary alicyclic amines) is 1. The van der Waals surface area contributed by atoms with Crippen molar-refractivity contribution < 1.29 is 19.1 Å². The molecule has 1 atom stereocenters. The Balaban J connectivity index is 1.27. The number of hydrogen-bond donors (Lipinski definition) is 2. The van der Waals surface area contributed by atoms with E-state index >= 15 is 0 Å². The van der Waals surface area contributed by atoms with Gasteiger partial charge in [0.1, 0.15) is 5.75 Å². The number of carbonyl (C=O) groups is 3. The molecule has 2 aliphatic heterocycles. The predicted molar refractivity (Wildman–Crippen MR) is 119 cm³/mol. The van der Waals surface area contributed by atoms with Gasteiger partial charge in [-0.15, -0.1) is 11.8 Å². The van der Waals surface area contributed by atoms with E-state index < -0.39 is 5.25 Å². The third-order valence-corrected chi connectivity index (χ3v) is 6.92. The number of hydrogen-bond acceptors (Lipinski definition) is 5. The zero-order valence-electron chi connectivity index (χ0n) is 17.3. The number of nitrogens with one attached hydrogen (secondary N) is 2. The van der Waals surface area contributed by atoms with Crippen LogP contribution in [0.1, 0.15) is 18.4 Å². The van der Waals surface area contributed by atoms with Crippen molar-refractivity contribution in [1.29, 1.82) is 0 Å². The normalized spacial score (nSPS) is 18.7. The van der Waals surface area contributed by atoms with E-state index in [-0.39, 0.29) is 23.6 Å². The molecule has 0 radical (unpaired) electrons. The van der Waals surface area contributed by atoms with Crippen LogP contribution in [0.2, 0.25) is 0 Å². The molecular weight excluding hydrogens is 414 g/mol. The number of anilines is 1. The third kappa shape index (κ3) is 4.85. The zero-order chi connectivity index (χ0) is 21.8. The summed E-state index contributed by atoms with van der Waals surface area (Å²) in [5, 5.41) is 5.02.